The highest BCUT2D eigenvalue weighted by Gasteiger charge is 2.06. The lowest BCUT2D eigenvalue weighted by Gasteiger charge is -2.08. The molecule has 0 atom stereocenters. The molecule has 0 aromatic carbocycles. The first-order chi connectivity index (χ1) is 8.70. The van der Waals surface area contributed by atoms with Gasteiger partial charge < -0.3 is 10.1 Å². The minimum absolute atomic E-state index is 0.375. The van der Waals surface area contributed by atoms with E-state index in [-0.39, 0.29) is 0 Å². The van der Waals surface area contributed by atoms with Crippen molar-refractivity contribution in [2.75, 3.05) is 12.4 Å². The van der Waals surface area contributed by atoms with E-state index in [1.54, 1.807) is 19.4 Å². The average molecular weight is 330 g/mol. The number of nitrogens with zero attached hydrogens (tertiary/aromatic N) is 3. The number of nitrogens with one attached hydrogen (secondary N) is 1. The zero-order chi connectivity index (χ0) is 13.0. The Morgan fingerprint density at radius 2 is 2.17 bits per heavy atom. The molecular weight excluding hydrogens is 320 g/mol. The summed E-state index contributed by atoms with van der Waals surface area (Å²) in [5, 5.41) is 3.52. The van der Waals surface area contributed by atoms with Gasteiger partial charge in [0.25, 0.3) is 0 Å². The van der Waals surface area contributed by atoms with Gasteiger partial charge in [0.15, 0.2) is 0 Å². The summed E-state index contributed by atoms with van der Waals surface area (Å²) in [4.78, 5) is 12.1. The second kappa shape index (κ2) is 5.97. The molecule has 2 aromatic rings. The van der Waals surface area contributed by atoms with Gasteiger partial charge in [0.05, 0.1) is 11.6 Å². The molecule has 0 saturated carbocycles. The van der Waals surface area contributed by atoms with Gasteiger partial charge in [0.1, 0.15) is 17.3 Å². The van der Waals surface area contributed by atoms with Gasteiger partial charge in [-0.15, -0.1) is 0 Å². The molecule has 7 heteroatoms. The lowest BCUT2D eigenvalue weighted by molar-refractivity contribution is 0.397. The Labute approximate surface area is 118 Å². The molecule has 0 radical (unpaired) electrons. The van der Waals surface area contributed by atoms with Gasteiger partial charge in [0, 0.05) is 18.8 Å². The van der Waals surface area contributed by atoms with E-state index >= 15 is 0 Å². The van der Waals surface area contributed by atoms with Gasteiger partial charge in [-0.25, -0.2) is 15.0 Å². The Hall–Kier alpha value is -1.40. The van der Waals surface area contributed by atoms with Crippen molar-refractivity contribution >= 4 is 33.3 Å². The molecule has 5 nitrogen and oxygen atoms in total. The number of hydrogen-bond acceptors (Lipinski definition) is 5. The van der Waals surface area contributed by atoms with Crippen LogP contribution in [-0.4, -0.2) is 22.1 Å². The van der Waals surface area contributed by atoms with Crippen LogP contribution < -0.4 is 10.1 Å². The van der Waals surface area contributed by atoms with Crippen LogP contribution in [0.3, 0.4) is 0 Å². The maximum Gasteiger partial charge on any atom is 0.212 e. The molecular formula is C11H10BrClN4O. The van der Waals surface area contributed by atoms with Crippen LogP contribution in [0.5, 0.6) is 5.88 Å². The monoisotopic (exact) mass is 328 g/mol. The number of ether oxygens (including phenoxy) is 1. The van der Waals surface area contributed by atoms with Crippen LogP contribution in [0.2, 0.25) is 5.15 Å². The second-order valence-corrected chi connectivity index (χ2v) is 4.54. The molecule has 2 aromatic heterocycles. The van der Waals surface area contributed by atoms with Gasteiger partial charge in [0.2, 0.25) is 5.88 Å². The van der Waals surface area contributed by atoms with E-state index in [1.165, 1.54) is 6.33 Å². The first kappa shape index (κ1) is 13.0. The Balaban J connectivity index is 2.04. The van der Waals surface area contributed by atoms with E-state index in [4.69, 9.17) is 16.3 Å². The smallest absolute Gasteiger partial charge is 0.212 e. The van der Waals surface area contributed by atoms with E-state index in [0.717, 1.165) is 5.56 Å². The highest BCUT2D eigenvalue weighted by atomic mass is 79.9. The molecule has 0 aliphatic heterocycles. The molecule has 0 unspecified atom stereocenters. The second-order valence-electron chi connectivity index (χ2n) is 3.39. The fraction of sp³-hybridized carbons (Fsp3) is 0.182. The molecule has 2 rings (SSSR count). The molecule has 2 heterocycles. The van der Waals surface area contributed by atoms with Gasteiger partial charge >= 0.3 is 0 Å². The minimum atomic E-state index is 0.375. The van der Waals surface area contributed by atoms with Crippen molar-refractivity contribution in [2.45, 2.75) is 6.54 Å². The van der Waals surface area contributed by atoms with Crippen LogP contribution in [0.1, 0.15) is 5.56 Å². The molecule has 0 aliphatic carbocycles. The predicted molar refractivity (Wildman–Crippen MR) is 72.9 cm³/mol. The number of anilines is 1. The van der Waals surface area contributed by atoms with Crippen molar-refractivity contribution in [3.8, 4) is 5.88 Å². The third-order valence-corrected chi connectivity index (χ3v) is 3.48. The third-order valence-electron chi connectivity index (χ3n) is 2.21. The lowest BCUT2D eigenvalue weighted by atomic mass is 10.3. The molecule has 94 valence electrons. The van der Waals surface area contributed by atoms with Gasteiger partial charge in [-0.2, -0.15) is 0 Å². The Bertz CT molecular complexity index is 535. The number of pyridine rings is 1. The van der Waals surface area contributed by atoms with E-state index in [0.29, 0.717) is 27.9 Å². The van der Waals surface area contributed by atoms with Crippen molar-refractivity contribution in [3.63, 3.8) is 0 Å². The minimum Gasteiger partial charge on any atom is -0.481 e. The van der Waals surface area contributed by atoms with Crippen molar-refractivity contribution < 1.29 is 4.74 Å². The summed E-state index contributed by atoms with van der Waals surface area (Å²) in [6.07, 6.45) is 3.14. The topological polar surface area (TPSA) is 59.9 Å². The number of aromatic nitrogens is 3. The molecule has 18 heavy (non-hydrogen) atoms. The number of hydrogen-bond donors (Lipinski definition) is 1. The zero-order valence-electron chi connectivity index (χ0n) is 9.52. The van der Waals surface area contributed by atoms with Crippen molar-refractivity contribution in [3.05, 3.63) is 39.8 Å². The van der Waals surface area contributed by atoms with Crippen molar-refractivity contribution in [2.24, 2.45) is 0 Å². The summed E-state index contributed by atoms with van der Waals surface area (Å²) >= 11 is 9.19. The summed E-state index contributed by atoms with van der Waals surface area (Å²) in [7, 11) is 1.58. The Morgan fingerprint density at radius 3 is 2.83 bits per heavy atom. The largest absolute Gasteiger partial charge is 0.481 e. The summed E-state index contributed by atoms with van der Waals surface area (Å²) in [5.74, 6) is 1.23. The molecule has 0 spiro atoms. The molecule has 0 aliphatic rings. The van der Waals surface area contributed by atoms with Gasteiger partial charge in [-0.1, -0.05) is 17.7 Å². The maximum atomic E-state index is 5.87. The van der Waals surface area contributed by atoms with Crippen LogP contribution >= 0.6 is 27.5 Å². The summed E-state index contributed by atoms with van der Waals surface area (Å²) in [5.41, 5.74) is 1.01. The number of methoxy groups -OCH3 is 1. The predicted octanol–water partition coefficient (Wildman–Crippen LogP) is 2.91. The average Bonchev–Trinajstić information content (AvgIpc) is 2.41. The number of halogens is 2. The summed E-state index contributed by atoms with van der Waals surface area (Å²) in [6, 6.07) is 3.73. The van der Waals surface area contributed by atoms with E-state index in [2.05, 4.69) is 36.2 Å². The maximum absolute atomic E-state index is 5.87. The summed E-state index contributed by atoms with van der Waals surface area (Å²) in [6.45, 7) is 0.586. The van der Waals surface area contributed by atoms with E-state index < -0.39 is 0 Å². The van der Waals surface area contributed by atoms with Crippen LogP contribution in [0.25, 0.3) is 0 Å². The SMILES string of the molecule is COc1ccc(CNc2ncnc(Cl)c2Br)cn1. The fourth-order valence-electron chi connectivity index (χ4n) is 1.29. The normalized spacial score (nSPS) is 10.2. The first-order valence-electron chi connectivity index (χ1n) is 5.09. The van der Waals surface area contributed by atoms with Crippen LogP contribution in [-0.2, 0) is 6.54 Å². The van der Waals surface area contributed by atoms with Crippen LogP contribution in [0, 0.1) is 0 Å². The molecule has 0 amide bonds. The third kappa shape index (κ3) is 3.08. The standard InChI is InChI=1S/C11H10BrClN4O/c1-18-8-3-2-7(4-14-8)5-15-11-9(12)10(13)16-6-17-11/h2-4,6H,5H2,1H3,(H,15,16,17). The molecule has 1 N–H and O–H groups in total. The van der Waals surface area contributed by atoms with Gasteiger partial charge in [-0.05, 0) is 21.5 Å². The van der Waals surface area contributed by atoms with E-state index in [9.17, 15) is 0 Å². The van der Waals surface area contributed by atoms with Crippen molar-refractivity contribution in [1.82, 2.24) is 15.0 Å². The van der Waals surface area contributed by atoms with Gasteiger partial charge in [-0.3, -0.25) is 0 Å². The van der Waals surface area contributed by atoms with Crippen LogP contribution in [0.4, 0.5) is 5.82 Å². The van der Waals surface area contributed by atoms with Crippen molar-refractivity contribution in [1.29, 1.82) is 0 Å². The lowest BCUT2D eigenvalue weighted by Crippen LogP contribution is -2.03. The number of rotatable bonds is 4. The highest BCUT2D eigenvalue weighted by molar-refractivity contribution is 9.10. The Morgan fingerprint density at radius 1 is 1.33 bits per heavy atom. The van der Waals surface area contributed by atoms with E-state index in [1.807, 2.05) is 6.07 Å². The first-order valence-corrected chi connectivity index (χ1v) is 6.26. The summed E-state index contributed by atoms with van der Waals surface area (Å²) < 4.78 is 5.64. The highest BCUT2D eigenvalue weighted by Crippen LogP contribution is 2.26. The zero-order valence-corrected chi connectivity index (χ0v) is 11.9. The van der Waals surface area contributed by atoms with Crippen LogP contribution in [0.15, 0.2) is 29.1 Å². The molecule has 0 fully saturated rings. The Kier molecular flexibility index (Phi) is 4.33. The fourth-order valence-corrected chi connectivity index (χ4v) is 1.77. The quantitative estimate of drug-likeness (QED) is 0.874. The molecule has 0 bridgehead atoms. The molecule has 0 saturated heterocycles.